The van der Waals surface area contributed by atoms with Gasteiger partial charge in [-0.2, -0.15) is 0 Å². The number of rotatable bonds is 5. The average Bonchev–Trinajstić information content (AvgIpc) is 2.98. The van der Waals surface area contributed by atoms with Crippen LogP contribution in [0.25, 0.3) is 5.57 Å². The van der Waals surface area contributed by atoms with Gasteiger partial charge in [0, 0.05) is 0 Å². The van der Waals surface area contributed by atoms with Gasteiger partial charge in [-0.15, -0.1) is 0 Å². The van der Waals surface area contributed by atoms with Gasteiger partial charge in [0.05, 0.1) is 24.1 Å². The lowest BCUT2D eigenvalue weighted by molar-refractivity contribution is -0.120. The molecule has 1 heterocycles. The maximum atomic E-state index is 13.5. The van der Waals surface area contributed by atoms with Crippen molar-refractivity contribution in [1.82, 2.24) is 0 Å². The maximum absolute atomic E-state index is 13.5. The van der Waals surface area contributed by atoms with E-state index in [-0.39, 0.29) is 11.6 Å². The van der Waals surface area contributed by atoms with Crippen molar-refractivity contribution in [3.63, 3.8) is 0 Å². The standard InChI is InChI=1S/C26H24N2O3/c1-16-8-11-19(12-9-16)23-24(27-21-15-18(3)10-13-22(21)31-4)26(30)28(25(23)29)20-7-5-6-17(2)14-20/h5-15,27H,1-4H3. The Morgan fingerprint density at radius 1 is 0.774 bits per heavy atom. The minimum Gasteiger partial charge on any atom is -0.495 e. The first-order chi connectivity index (χ1) is 14.9. The fourth-order valence-corrected chi connectivity index (χ4v) is 3.69. The number of hydrogen-bond donors (Lipinski definition) is 1. The lowest BCUT2D eigenvalue weighted by Gasteiger charge is -2.16. The normalized spacial score (nSPS) is 13.7. The molecule has 1 N–H and O–H groups in total. The lowest BCUT2D eigenvalue weighted by Crippen LogP contribution is -2.32. The van der Waals surface area contributed by atoms with E-state index in [9.17, 15) is 9.59 Å². The molecule has 156 valence electrons. The number of methoxy groups -OCH3 is 1. The van der Waals surface area contributed by atoms with Gasteiger partial charge < -0.3 is 10.1 Å². The van der Waals surface area contributed by atoms with Crippen LogP contribution < -0.4 is 15.0 Å². The summed E-state index contributed by atoms with van der Waals surface area (Å²) in [5.74, 6) is -0.154. The highest BCUT2D eigenvalue weighted by Crippen LogP contribution is 2.36. The third kappa shape index (κ3) is 3.82. The number of ether oxygens (including phenoxy) is 1. The van der Waals surface area contributed by atoms with Crippen LogP contribution in [0.3, 0.4) is 0 Å². The van der Waals surface area contributed by atoms with Crippen LogP contribution in [0.15, 0.2) is 72.4 Å². The van der Waals surface area contributed by atoms with Gasteiger partial charge in [0.1, 0.15) is 11.4 Å². The molecule has 0 bridgehead atoms. The highest BCUT2D eigenvalue weighted by molar-refractivity contribution is 6.46. The predicted molar refractivity (Wildman–Crippen MR) is 123 cm³/mol. The van der Waals surface area contributed by atoms with E-state index in [1.54, 1.807) is 13.2 Å². The van der Waals surface area contributed by atoms with E-state index in [0.29, 0.717) is 28.3 Å². The number of hydrogen-bond acceptors (Lipinski definition) is 4. The van der Waals surface area contributed by atoms with E-state index in [2.05, 4.69) is 5.32 Å². The first-order valence-electron chi connectivity index (χ1n) is 10.1. The molecule has 3 aromatic rings. The molecule has 5 nitrogen and oxygen atoms in total. The van der Waals surface area contributed by atoms with Crippen molar-refractivity contribution >= 4 is 28.8 Å². The summed E-state index contributed by atoms with van der Waals surface area (Å²) >= 11 is 0. The zero-order valence-corrected chi connectivity index (χ0v) is 18.0. The summed E-state index contributed by atoms with van der Waals surface area (Å²) in [6.45, 7) is 5.87. The lowest BCUT2D eigenvalue weighted by atomic mass is 10.0. The van der Waals surface area contributed by atoms with Crippen LogP contribution in [0.4, 0.5) is 11.4 Å². The van der Waals surface area contributed by atoms with Gasteiger partial charge in [-0.1, -0.05) is 48.0 Å². The van der Waals surface area contributed by atoms with Crippen molar-refractivity contribution in [2.24, 2.45) is 0 Å². The van der Waals surface area contributed by atoms with Gasteiger partial charge in [-0.05, 0) is 61.7 Å². The number of imide groups is 1. The van der Waals surface area contributed by atoms with E-state index < -0.39 is 5.91 Å². The van der Waals surface area contributed by atoms with E-state index >= 15 is 0 Å². The van der Waals surface area contributed by atoms with Crippen molar-refractivity contribution in [3.8, 4) is 5.75 Å². The Labute approximate surface area is 182 Å². The Morgan fingerprint density at radius 3 is 2.13 bits per heavy atom. The van der Waals surface area contributed by atoms with Crippen molar-refractivity contribution in [2.75, 3.05) is 17.3 Å². The second kappa shape index (κ2) is 8.11. The smallest absolute Gasteiger partial charge is 0.282 e. The molecule has 0 unspecified atom stereocenters. The summed E-state index contributed by atoms with van der Waals surface area (Å²) in [7, 11) is 1.58. The Balaban J connectivity index is 1.86. The van der Waals surface area contributed by atoms with Crippen molar-refractivity contribution in [3.05, 3.63) is 94.7 Å². The van der Waals surface area contributed by atoms with Crippen LogP contribution in [0.2, 0.25) is 0 Å². The third-order valence-corrected chi connectivity index (χ3v) is 5.30. The number of amides is 2. The molecule has 1 aliphatic rings. The summed E-state index contributed by atoms with van der Waals surface area (Å²) in [5, 5.41) is 3.20. The number of carbonyl (C=O) groups excluding carboxylic acids is 2. The molecule has 0 saturated heterocycles. The third-order valence-electron chi connectivity index (χ3n) is 5.30. The fraction of sp³-hybridized carbons (Fsp3) is 0.154. The molecule has 5 heteroatoms. The van der Waals surface area contributed by atoms with Gasteiger partial charge >= 0.3 is 0 Å². The first kappa shape index (κ1) is 20.4. The van der Waals surface area contributed by atoms with Crippen molar-refractivity contribution in [2.45, 2.75) is 20.8 Å². The first-order valence-corrected chi connectivity index (χ1v) is 10.1. The van der Waals surface area contributed by atoms with Gasteiger partial charge in [0.15, 0.2) is 0 Å². The quantitative estimate of drug-likeness (QED) is 0.598. The predicted octanol–water partition coefficient (Wildman–Crippen LogP) is 5.02. The number of benzene rings is 3. The van der Waals surface area contributed by atoms with E-state index in [1.807, 2.05) is 81.4 Å². The SMILES string of the molecule is COc1ccc(C)cc1NC1=C(c2ccc(C)cc2)C(=O)N(c2cccc(C)c2)C1=O. The largest absolute Gasteiger partial charge is 0.495 e. The van der Waals surface area contributed by atoms with Gasteiger partial charge in [0.25, 0.3) is 11.8 Å². The monoisotopic (exact) mass is 412 g/mol. The Morgan fingerprint density at radius 2 is 1.45 bits per heavy atom. The highest BCUT2D eigenvalue weighted by atomic mass is 16.5. The molecule has 4 rings (SSSR count). The van der Waals surface area contributed by atoms with Crippen LogP contribution >= 0.6 is 0 Å². The van der Waals surface area contributed by atoms with Gasteiger partial charge in [0.2, 0.25) is 0 Å². The van der Waals surface area contributed by atoms with Crippen LogP contribution in [0.5, 0.6) is 5.75 Å². The second-order valence-corrected chi connectivity index (χ2v) is 7.73. The molecule has 0 fully saturated rings. The molecule has 3 aromatic carbocycles. The van der Waals surface area contributed by atoms with Gasteiger partial charge in [-0.25, -0.2) is 4.90 Å². The topological polar surface area (TPSA) is 58.6 Å². The summed E-state index contributed by atoms with van der Waals surface area (Å²) < 4.78 is 5.46. The Kier molecular flexibility index (Phi) is 5.34. The van der Waals surface area contributed by atoms with Crippen molar-refractivity contribution in [1.29, 1.82) is 0 Å². The Bertz CT molecular complexity index is 1210. The van der Waals surface area contributed by atoms with Crippen LogP contribution in [-0.2, 0) is 9.59 Å². The Hall–Kier alpha value is -3.86. The molecule has 0 spiro atoms. The molecular formula is C26H24N2O3. The maximum Gasteiger partial charge on any atom is 0.282 e. The van der Waals surface area contributed by atoms with Crippen LogP contribution in [0.1, 0.15) is 22.3 Å². The highest BCUT2D eigenvalue weighted by Gasteiger charge is 2.40. The summed E-state index contributed by atoms with van der Waals surface area (Å²) in [4.78, 5) is 28.3. The van der Waals surface area contributed by atoms with Gasteiger partial charge in [-0.3, -0.25) is 9.59 Å². The summed E-state index contributed by atoms with van der Waals surface area (Å²) in [6, 6.07) is 20.6. The molecular weight excluding hydrogens is 388 g/mol. The molecule has 0 atom stereocenters. The molecule has 0 aromatic heterocycles. The van der Waals surface area contributed by atoms with Crippen LogP contribution in [0, 0.1) is 20.8 Å². The van der Waals surface area contributed by atoms with E-state index in [4.69, 9.17) is 4.74 Å². The second-order valence-electron chi connectivity index (χ2n) is 7.73. The zero-order valence-electron chi connectivity index (χ0n) is 18.0. The summed E-state index contributed by atoms with van der Waals surface area (Å²) in [6.07, 6.45) is 0. The van der Waals surface area contributed by atoms with Crippen molar-refractivity contribution < 1.29 is 14.3 Å². The minimum atomic E-state index is -0.394. The number of aryl methyl sites for hydroxylation is 3. The molecule has 1 aliphatic heterocycles. The van der Waals surface area contributed by atoms with E-state index in [0.717, 1.165) is 16.7 Å². The fourth-order valence-electron chi connectivity index (χ4n) is 3.69. The molecule has 0 aliphatic carbocycles. The number of carbonyl (C=O) groups is 2. The molecule has 0 radical (unpaired) electrons. The van der Waals surface area contributed by atoms with E-state index in [1.165, 1.54) is 4.90 Å². The zero-order chi connectivity index (χ0) is 22.1. The van der Waals surface area contributed by atoms with Crippen LogP contribution in [-0.4, -0.2) is 18.9 Å². The average molecular weight is 412 g/mol. The molecule has 31 heavy (non-hydrogen) atoms. The number of anilines is 2. The number of nitrogens with one attached hydrogen (secondary N) is 1. The minimum absolute atomic E-state index is 0.235. The number of nitrogens with zero attached hydrogens (tertiary/aromatic N) is 1. The summed E-state index contributed by atoms with van der Waals surface area (Å²) in [5.41, 5.74) is 5.50. The molecule has 2 amide bonds. The molecule has 0 saturated carbocycles.